The zero-order chi connectivity index (χ0) is 20.6. The minimum Gasteiger partial charge on any atom is -0.508 e. The summed E-state index contributed by atoms with van der Waals surface area (Å²) in [4.78, 5) is 0. The van der Waals surface area contributed by atoms with E-state index in [1.807, 2.05) is 12.1 Å². The van der Waals surface area contributed by atoms with Gasteiger partial charge >= 0.3 is 0 Å². The van der Waals surface area contributed by atoms with Gasteiger partial charge in [-0.15, -0.1) is 0 Å². The van der Waals surface area contributed by atoms with E-state index in [1.54, 1.807) is 0 Å². The monoisotopic (exact) mass is 380 g/mol. The van der Waals surface area contributed by atoms with Crippen molar-refractivity contribution in [2.24, 2.45) is 0 Å². The van der Waals surface area contributed by atoms with Gasteiger partial charge in [0, 0.05) is 5.41 Å². The summed E-state index contributed by atoms with van der Waals surface area (Å²) in [7, 11) is 0. The topological polar surface area (TPSA) is 40.5 Å². The van der Waals surface area contributed by atoms with Gasteiger partial charge in [-0.05, 0) is 84.0 Å². The average Bonchev–Trinajstić information content (AvgIpc) is 2.61. The molecule has 0 aliphatic heterocycles. The second kappa shape index (κ2) is 7.81. The molecular formula is C26H36O2. The lowest BCUT2D eigenvalue weighted by molar-refractivity contribution is 0.341. The Balaban J connectivity index is 2.30. The number of rotatable bonds is 4. The standard InChI is InChI=1S/C26H36O2/c1-16(2)20-14-22(18(5)12-24(20)27)26(10-8-7-9-11-26)23-15-21(17(3)4)25(28)13-19(23)6/h12-17,27-28H,7-11H2,1-6H3. The Morgan fingerprint density at radius 1 is 0.679 bits per heavy atom. The molecule has 3 rings (SSSR count). The van der Waals surface area contributed by atoms with Gasteiger partial charge in [-0.25, -0.2) is 0 Å². The summed E-state index contributed by atoms with van der Waals surface area (Å²) >= 11 is 0. The minimum absolute atomic E-state index is 0.0406. The molecule has 0 amide bonds. The molecule has 1 aliphatic rings. The van der Waals surface area contributed by atoms with Gasteiger partial charge in [0.15, 0.2) is 0 Å². The van der Waals surface area contributed by atoms with E-state index in [0.29, 0.717) is 11.5 Å². The zero-order valence-corrected chi connectivity index (χ0v) is 18.4. The normalized spacial score (nSPS) is 16.7. The van der Waals surface area contributed by atoms with E-state index in [0.717, 1.165) is 24.0 Å². The molecule has 28 heavy (non-hydrogen) atoms. The molecule has 0 heterocycles. The summed E-state index contributed by atoms with van der Waals surface area (Å²) in [5, 5.41) is 21.0. The van der Waals surface area contributed by atoms with E-state index in [2.05, 4.69) is 53.7 Å². The van der Waals surface area contributed by atoms with Crippen molar-refractivity contribution in [1.29, 1.82) is 0 Å². The molecule has 0 aromatic heterocycles. The van der Waals surface area contributed by atoms with Gasteiger partial charge in [0.25, 0.3) is 0 Å². The Kier molecular flexibility index (Phi) is 5.79. The number of hydrogen-bond acceptors (Lipinski definition) is 2. The van der Waals surface area contributed by atoms with Crippen LogP contribution in [-0.4, -0.2) is 10.2 Å². The molecule has 2 nitrogen and oxygen atoms in total. The van der Waals surface area contributed by atoms with Crippen LogP contribution >= 0.6 is 0 Å². The first-order valence-electron chi connectivity index (χ1n) is 10.9. The molecule has 2 aromatic rings. The van der Waals surface area contributed by atoms with E-state index in [4.69, 9.17) is 0 Å². The molecule has 1 aliphatic carbocycles. The molecule has 0 spiro atoms. The third-order valence-electron chi connectivity index (χ3n) is 6.73. The van der Waals surface area contributed by atoms with Crippen LogP contribution in [0, 0.1) is 13.8 Å². The highest BCUT2D eigenvalue weighted by molar-refractivity contribution is 5.55. The third kappa shape index (κ3) is 3.54. The summed E-state index contributed by atoms with van der Waals surface area (Å²) in [6.45, 7) is 12.8. The molecule has 152 valence electrons. The van der Waals surface area contributed by atoms with Crippen LogP contribution in [0.1, 0.15) is 105 Å². The fraction of sp³-hybridized carbons (Fsp3) is 0.538. The molecular weight excluding hydrogens is 344 g/mol. The van der Waals surface area contributed by atoms with Gasteiger partial charge < -0.3 is 10.2 Å². The van der Waals surface area contributed by atoms with Gasteiger partial charge in [-0.3, -0.25) is 0 Å². The molecule has 1 saturated carbocycles. The predicted octanol–water partition coefficient (Wildman–Crippen LogP) is 7.21. The van der Waals surface area contributed by atoms with Crippen molar-refractivity contribution in [2.75, 3.05) is 0 Å². The van der Waals surface area contributed by atoms with E-state index in [9.17, 15) is 10.2 Å². The predicted molar refractivity (Wildman–Crippen MR) is 118 cm³/mol. The lowest BCUT2D eigenvalue weighted by Gasteiger charge is -2.41. The molecule has 1 fully saturated rings. The molecule has 2 heteroatoms. The maximum Gasteiger partial charge on any atom is 0.119 e. The van der Waals surface area contributed by atoms with Gasteiger partial charge in [0.2, 0.25) is 0 Å². The highest BCUT2D eigenvalue weighted by Gasteiger charge is 2.39. The Bertz CT molecular complexity index is 790. The van der Waals surface area contributed by atoms with Crippen LogP contribution in [0.5, 0.6) is 11.5 Å². The molecule has 0 unspecified atom stereocenters. The molecule has 0 saturated heterocycles. The number of aromatic hydroxyl groups is 2. The van der Waals surface area contributed by atoms with Crippen LogP contribution in [0.25, 0.3) is 0 Å². The second-order valence-corrected chi connectivity index (χ2v) is 9.40. The molecule has 2 aromatic carbocycles. The third-order valence-corrected chi connectivity index (χ3v) is 6.73. The lowest BCUT2D eigenvalue weighted by atomic mass is 9.62. The molecule has 0 atom stereocenters. The minimum atomic E-state index is -0.0406. The highest BCUT2D eigenvalue weighted by atomic mass is 16.3. The maximum absolute atomic E-state index is 10.5. The van der Waals surface area contributed by atoms with Gasteiger partial charge in [-0.1, -0.05) is 59.1 Å². The number of hydrogen-bond donors (Lipinski definition) is 2. The van der Waals surface area contributed by atoms with Crippen LogP contribution in [-0.2, 0) is 5.41 Å². The Labute approximate surface area is 170 Å². The summed E-state index contributed by atoms with van der Waals surface area (Å²) in [6, 6.07) is 8.45. The van der Waals surface area contributed by atoms with Crippen molar-refractivity contribution in [3.05, 3.63) is 57.6 Å². The lowest BCUT2D eigenvalue weighted by Crippen LogP contribution is -2.32. The Morgan fingerprint density at radius 2 is 1.07 bits per heavy atom. The first kappa shape index (κ1) is 20.8. The first-order chi connectivity index (χ1) is 13.2. The quantitative estimate of drug-likeness (QED) is 0.588. The average molecular weight is 381 g/mol. The van der Waals surface area contributed by atoms with E-state index >= 15 is 0 Å². The SMILES string of the molecule is Cc1cc(O)c(C(C)C)cc1C1(c2cc(C(C)C)c(O)cc2C)CCCCC1. The Hall–Kier alpha value is -1.96. The van der Waals surface area contributed by atoms with Crippen molar-refractivity contribution >= 4 is 0 Å². The molecule has 0 bridgehead atoms. The van der Waals surface area contributed by atoms with Gasteiger partial charge in [0.1, 0.15) is 11.5 Å². The summed E-state index contributed by atoms with van der Waals surface area (Å²) in [6.07, 6.45) is 5.96. The second-order valence-electron chi connectivity index (χ2n) is 9.40. The van der Waals surface area contributed by atoms with E-state index in [1.165, 1.54) is 41.5 Å². The molecule has 2 N–H and O–H groups in total. The van der Waals surface area contributed by atoms with E-state index < -0.39 is 0 Å². The summed E-state index contributed by atoms with van der Waals surface area (Å²) in [5.74, 6) is 1.39. The van der Waals surface area contributed by atoms with Crippen molar-refractivity contribution in [2.45, 2.75) is 90.9 Å². The Morgan fingerprint density at radius 3 is 1.43 bits per heavy atom. The van der Waals surface area contributed by atoms with Gasteiger partial charge in [0.05, 0.1) is 0 Å². The van der Waals surface area contributed by atoms with Crippen LogP contribution in [0.4, 0.5) is 0 Å². The number of phenolic OH excluding ortho intramolecular Hbond substituents is 2. The van der Waals surface area contributed by atoms with Gasteiger partial charge in [-0.2, -0.15) is 0 Å². The maximum atomic E-state index is 10.5. The van der Waals surface area contributed by atoms with Crippen LogP contribution in [0.3, 0.4) is 0 Å². The fourth-order valence-electron chi connectivity index (χ4n) is 5.21. The van der Waals surface area contributed by atoms with Crippen LogP contribution < -0.4 is 0 Å². The zero-order valence-electron chi connectivity index (χ0n) is 18.4. The number of aryl methyl sites for hydroxylation is 2. The van der Waals surface area contributed by atoms with Crippen LogP contribution in [0.15, 0.2) is 24.3 Å². The fourth-order valence-corrected chi connectivity index (χ4v) is 5.21. The highest BCUT2D eigenvalue weighted by Crippen LogP contribution is 2.50. The van der Waals surface area contributed by atoms with Crippen molar-refractivity contribution in [1.82, 2.24) is 0 Å². The van der Waals surface area contributed by atoms with Crippen molar-refractivity contribution in [3.63, 3.8) is 0 Å². The van der Waals surface area contributed by atoms with E-state index in [-0.39, 0.29) is 17.3 Å². The summed E-state index contributed by atoms with van der Waals surface area (Å²) in [5.41, 5.74) is 7.08. The number of benzene rings is 2. The number of phenols is 2. The van der Waals surface area contributed by atoms with Crippen LogP contribution in [0.2, 0.25) is 0 Å². The van der Waals surface area contributed by atoms with Crippen molar-refractivity contribution in [3.8, 4) is 11.5 Å². The summed E-state index contributed by atoms with van der Waals surface area (Å²) < 4.78 is 0. The van der Waals surface area contributed by atoms with Crippen molar-refractivity contribution < 1.29 is 10.2 Å². The molecule has 0 radical (unpaired) electrons. The first-order valence-corrected chi connectivity index (χ1v) is 10.9. The largest absolute Gasteiger partial charge is 0.508 e. The smallest absolute Gasteiger partial charge is 0.119 e.